The molecule has 2 aromatic carbocycles. The van der Waals surface area contributed by atoms with Gasteiger partial charge >= 0.3 is 0 Å². The van der Waals surface area contributed by atoms with Crippen LogP contribution in [-0.2, 0) is 9.59 Å². The summed E-state index contributed by atoms with van der Waals surface area (Å²) in [7, 11) is 0. The number of ketones is 1. The Morgan fingerprint density at radius 3 is 2.00 bits per heavy atom. The van der Waals surface area contributed by atoms with Crippen LogP contribution in [-0.4, -0.2) is 30.8 Å². The van der Waals surface area contributed by atoms with Gasteiger partial charge in [0.15, 0.2) is 5.78 Å². The van der Waals surface area contributed by atoms with Crippen LogP contribution >= 0.6 is 0 Å². The van der Waals surface area contributed by atoms with E-state index in [0.717, 1.165) is 12.2 Å². The Kier molecular flexibility index (Phi) is 8.69. The number of ether oxygens (including phenoxy) is 2. The number of primary amides is 1. The highest BCUT2D eigenvalue weighted by molar-refractivity contribution is 6.00. The molecular weight excluding hydrogens is 372 g/mol. The highest BCUT2D eigenvalue weighted by Crippen LogP contribution is 2.17. The first-order valence-corrected chi connectivity index (χ1v) is 9.55. The largest absolute Gasteiger partial charge is 0.494 e. The maximum Gasteiger partial charge on any atom is 0.224 e. The fraction of sp³-hybridized carbons (Fsp3) is 0.318. The maximum atomic E-state index is 12.2. The summed E-state index contributed by atoms with van der Waals surface area (Å²) >= 11 is 0. The minimum Gasteiger partial charge on any atom is -0.494 e. The standard InChI is InChI=1S/C22H26N2O5/c1-2-14-28-18-7-3-16(4-8-18)20(25)11-12-22(27)24-17-5-9-19(10-6-17)29-15-13-21(23)26/h3-10H,2,11-15H2,1H3,(H2,23,26)(H,24,27). The lowest BCUT2D eigenvalue weighted by Crippen LogP contribution is -2.15. The normalized spacial score (nSPS) is 10.2. The van der Waals surface area contributed by atoms with E-state index >= 15 is 0 Å². The molecule has 0 spiro atoms. The van der Waals surface area contributed by atoms with Gasteiger partial charge in [-0.15, -0.1) is 0 Å². The van der Waals surface area contributed by atoms with Crippen LogP contribution < -0.4 is 20.5 Å². The Morgan fingerprint density at radius 2 is 1.41 bits per heavy atom. The lowest BCUT2D eigenvalue weighted by molar-refractivity contribution is -0.118. The second-order valence-corrected chi connectivity index (χ2v) is 6.43. The number of benzene rings is 2. The van der Waals surface area contributed by atoms with Crippen molar-refractivity contribution in [3.8, 4) is 11.5 Å². The van der Waals surface area contributed by atoms with Crippen LogP contribution in [0.4, 0.5) is 5.69 Å². The molecule has 0 bridgehead atoms. The quantitative estimate of drug-likeness (QED) is 0.533. The first-order chi connectivity index (χ1) is 14.0. The number of anilines is 1. The summed E-state index contributed by atoms with van der Waals surface area (Å²) in [5.74, 6) is 0.530. The van der Waals surface area contributed by atoms with Gasteiger partial charge < -0.3 is 20.5 Å². The summed E-state index contributed by atoms with van der Waals surface area (Å²) in [6.07, 6.45) is 1.26. The Bertz CT molecular complexity index is 816. The summed E-state index contributed by atoms with van der Waals surface area (Å²) < 4.78 is 10.9. The third-order valence-electron chi connectivity index (χ3n) is 3.98. The van der Waals surface area contributed by atoms with E-state index in [1.165, 1.54) is 0 Å². The number of Topliss-reactive ketones (excluding diaryl/α,β-unsaturated/α-hetero) is 1. The van der Waals surface area contributed by atoms with Crippen molar-refractivity contribution in [2.45, 2.75) is 32.6 Å². The van der Waals surface area contributed by atoms with E-state index in [2.05, 4.69) is 5.32 Å². The van der Waals surface area contributed by atoms with Gasteiger partial charge in [0.05, 0.1) is 19.6 Å². The van der Waals surface area contributed by atoms with Gasteiger partial charge in [0.1, 0.15) is 11.5 Å². The van der Waals surface area contributed by atoms with Crippen molar-refractivity contribution in [3.63, 3.8) is 0 Å². The van der Waals surface area contributed by atoms with Crippen molar-refractivity contribution in [1.82, 2.24) is 0 Å². The van der Waals surface area contributed by atoms with Crippen molar-refractivity contribution in [2.24, 2.45) is 5.73 Å². The molecule has 29 heavy (non-hydrogen) atoms. The number of nitrogens with one attached hydrogen (secondary N) is 1. The SMILES string of the molecule is CCCOc1ccc(C(=O)CCC(=O)Nc2ccc(OCCC(N)=O)cc2)cc1. The highest BCUT2D eigenvalue weighted by atomic mass is 16.5. The molecule has 0 saturated heterocycles. The van der Waals surface area contributed by atoms with Gasteiger partial charge in [-0.1, -0.05) is 6.92 Å². The van der Waals surface area contributed by atoms with Crippen LogP contribution in [0.5, 0.6) is 11.5 Å². The van der Waals surface area contributed by atoms with Gasteiger partial charge in [0.25, 0.3) is 0 Å². The number of nitrogens with two attached hydrogens (primary N) is 1. The number of hydrogen-bond donors (Lipinski definition) is 2. The number of carbonyl (C=O) groups is 3. The lowest BCUT2D eigenvalue weighted by Gasteiger charge is -2.08. The number of rotatable bonds is 12. The smallest absolute Gasteiger partial charge is 0.224 e. The molecule has 0 saturated carbocycles. The average Bonchev–Trinajstić information content (AvgIpc) is 2.72. The lowest BCUT2D eigenvalue weighted by atomic mass is 10.1. The zero-order chi connectivity index (χ0) is 21.1. The molecule has 0 atom stereocenters. The van der Waals surface area contributed by atoms with Crippen LogP contribution in [0.15, 0.2) is 48.5 Å². The average molecular weight is 398 g/mol. The third-order valence-corrected chi connectivity index (χ3v) is 3.98. The fourth-order valence-electron chi connectivity index (χ4n) is 2.46. The van der Waals surface area contributed by atoms with Gasteiger partial charge in [0.2, 0.25) is 11.8 Å². The Labute approximate surface area is 170 Å². The summed E-state index contributed by atoms with van der Waals surface area (Å²) in [6.45, 7) is 2.86. The molecule has 0 heterocycles. The zero-order valence-electron chi connectivity index (χ0n) is 16.5. The maximum absolute atomic E-state index is 12.2. The van der Waals surface area contributed by atoms with Gasteiger partial charge in [-0.3, -0.25) is 14.4 Å². The predicted octanol–water partition coefficient (Wildman–Crippen LogP) is 3.33. The Morgan fingerprint density at radius 1 is 0.828 bits per heavy atom. The molecular formula is C22H26N2O5. The van der Waals surface area contributed by atoms with Crippen LogP contribution in [0, 0.1) is 0 Å². The van der Waals surface area contributed by atoms with Crippen LogP contribution in [0.3, 0.4) is 0 Å². The molecule has 3 N–H and O–H groups in total. The van der Waals surface area contributed by atoms with E-state index in [1.807, 2.05) is 6.92 Å². The highest BCUT2D eigenvalue weighted by Gasteiger charge is 2.10. The molecule has 2 amide bonds. The van der Waals surface area contributed by atoms with Crippen molar-refractivity contribution in [3.05, 3.63) is 54.1 Å². The third kappa shape index (κ3) is 8.04. The van der Waals surface area contributed by atoms with Crippen LogP contribution in [0.2, 0.25) is 0 Å². The summed E-state index contributed by atoms with van der Waals surface area (Å²) in [4.78, 5) is 35.0. The minimum atomic E-state index is -0.427. The topological polar surface area (TPSA) is 108 Å². The van der Waals surface area contributed by atoms with Gasteiger partial charge in [0, 0.05) is 24.1 Å². The Hall–Kier alpha value is -3.35. The van der Waals surface area contributed by atoms with E-state index in [4.69, 9.17) is 15.2 Å². The second-order valence-electron chi connectivity index (χ2n) is 6.43. The summed E-state index contributed by atoms with van der Waals surface area (Å²) in [5.41, 5.74) is 6.20. The first kappa shape index (κ1) is 21.9. The van der Waals surface area contributed by atoms with Gasteiger partial charge in [-0.05, 0) is 55.0 Å². The Balaban J connectivity index is 1.75. The van der Waals surface area contributed by atoms with Gasteiger partial charge in [-0.2, -0.15) is 0 Å². The van der Waals surface area contributed by atoms with Crippen LogP contribution in [0.25, 0.3) is 0 Å². The molecule has 0 unspecified atom stereocenters. The molecule has 0 aliphatic carbocycles. The second kappa shape index (κ2) is 11.5. The number of amides is 2. The molecule has 2 aromatic rings. The molecule has 0 aromatic heterocycles. The molecule has 0 radical (unpaired) electrons. The van der Waals surface area contributed by atoms with Gasteiger partial charge in [-0.25, -0.2) is 0 Å². The minimum absolute atomic E-state index is 0.0871. The number of hydrogen-bond acceptors (Lipinski definition) is 5. The molecule has 0 aliphatic heterocycles. The van der Waals surface area contributed by atoms with Crippen LogP contribution in [0.1, 0.15) is 43.0 Å². The van der Waals surface area contributed by atoms with E-state index < -0.39 is 5.91 Å². The number of carbonyl (C=O) groups excluding carboxylic acids is 3. The molecule has 2 rings (SSSR count). The van der Waals surface area contributed by atoms with Crippen molar-refractivity contribution in [1.29, 1.82) is 0 Å². The van der Waals surface area contributed by atoms with E-state index in [1.54, 1.807) is 48.5 Å². The monoisotopic (exact) mass is 398 g/mol. The van der Waals surface area contributed by atoms with Crippen molar-refractivity contribution < 1.29 is 23.9 Å². The molecule has 154 valence electrons. The fourth-order valence-corrected chi connectivity index (χ4v) is 2.46. The summed E-state index contributed by atoms with van der Waals surface area (Å²) in [5, 5.41) is 2.74. The summed E-state index contributed by atoms with van der Waals surface area (Å²) in [6, 6.07) is 13.7. The van der Waals surface area contributed by atoms with E-state index in [0.29, 0.717) is 23.6 Å². The molecule has 0 aliphatic rings. The zero-order valence-corrected chi connectivity index (χ0v) is 16.5. The molecule has 0 fully saturated rings. The molecule has 7 heteroatoms. The van der Waals surface area contributed by atoms with E-state index in [9.17, 15) is 14.4 Å². The van der Waals surface area contributed by atoms with Crippen molar-refractivity contribution >= 4 is 23.3 Å². The van der Waals surface area contributed by atoms with Crippen molar-refractivity contribution in [2.75, 3.05) is 18.5 Å². The van der Waals surface area contributed by atoms with E-state index in [-0.39, 0.29) is 37.6 Å². The molecule has 7 nitrogen and oxygen atoms in total. The first-order valence-electron chi connectivity index (χ1n) is 9.55. The predicted molar refractivity (Wildman–Crippen MR) is 110 cm³/mol.